The van der Waals surface area contributed by atoms with Gasteiger partial charge in [-0.15, -0.1) is 0 Å². The summed E-state index contributed by atoms with van der Waals surface area (Å²) < 4.78 is 5.14. The van der Waals surface area contributed by atoms with Gasteiger partial charge in [0.2, 0.25) is 0 Å². The van der Waals surface area contributed by atoms with E-state index in [1.807, 2.05) is 6.08 Å². The fourth-order valence-electron chi connectivity index (χ4n) is 4.57. The second-order valence-electron chi connectivity index (χ2n) is 6.28. The van der Waals surface area contributed by atoms with Crippen LogP contribution in [0, 0.1) is 23.2 Å². The zero-order chi connectivity index (χ0) is 14.3. The van der Waals surface area contributed by atoms with E-state index in [0.29, 0.717) is 13.0 Å². The second kappa shape index (κ2) is 4.99. The number of Topliss-reactive ketones (excluding diaryl/α,β-unsaturated/α-hetero) is 1. The molecule has 2 fully saturated rings. The van der Waals surface area contributed by atoms with Crippen molar-refractivity contribution in [2.45, 2.75) is 39.0 Å². The van der Waals surface area contributed by atoms with Crippen LogP contribution in [-0.2, 0) is 14.3 Å². The largest absolute Gasteiger partial charge is 0.466 e. The van der Waals surface area contributed by atoms with Crippen LogP contribution in [0.25, 0.3) is 0 Å². The van der Waals surface area contributed by atoms with Crippen molar-refractivity contribution >= 4 is 11.8 Å². The van der Waals surface area contributed by atoms with Gasteiger partial charge in [-0.05, 0) is 32.6 Å². The van der Waals surface area contributed by atoms with E-state index in [1.54, 1.807) is 6.92 Å². The lowest BCUT2D eigenvalue weighted by Crippen LogP contribution is -2.56. The number of aliphatic hydroxyl groups excluding tert-OH is 1. The summed E-state index contributed by atoms with van der Waals surface area (Å²) in [5, 5.41) is 9.68. The standard InChI is InChI=1S/C16H22O4/c1-2-20-15(19)12-8-16-6-4-3-5-10(16)7-11(12)14(18)13(16)9-17/h7,11-13,17H,2-6,8-9H2,1H3/t11-,12-,13?,16-/m1/s1. The van der Waals surface area contributed by atoms with Gasteiger partial charge in [0.15, 0.2) is 0 Å². The fraction of sp³-hybridized carbons (Fsp3) is 0.750. The van der Waals surface area contributed by atoms with E-state index in [9.17, 15) is 14.7 Å². The van der Waals surface area contributed by atoms with Crippen molar-refractivity contribution < 1.29 is 19.4 Å². The lowest BCUT2D eigenvalue weighted by Gasteiger charge is -2.55. The summed E-state index contributed by atoms with van der Waals surface area (Å²) in [6.07, 6.45) is 6.85. The summed E-state index contributed by atoms with van der Waals surface area (Å²) in [5.74, 6) is -1.23. The average molecular weight is 278 g/mol. The number of carbonyl (C=O) groups excluding carboxylic acids is 2. The van der Waals surface area contributed by atoms with Crippen molar-refractivity contribution in [2.24, 2.45) is 23.2 Å². The van der Waals surface area contributed by atoms with Crippen molar-refractivity contribution in [3.63, 3.8) is 0 Å². The Kier molecular flexibility index (Phi) is 3.44. The van der Waals surface area contributed by atoms with Crippen LogP contribution < -0.4 is 0 Å². The lowest BCUT2D eigenvalue weighted by atomic mass is 9.48. The first-order valence-corrected chi connectivity index (χ1v) is 7.66. The van der Waals surface area contributed by atoms with Crippen molar-refractivity contribution in [2.75, 3.05) is 13.2 Å². The Morgan fingerprint density at radius 1 is 1.50 bits per heavy atom. The van der Waals surface area contributed by atoms with Crippen LogP contribution in [0.4, 0.5) is 0 Å². The van der Waals surface area contributed by atoms with E-state index < -0.39 is 0 Å². The Morgan fingerprint density at radius 2 is 2.30 bits per heavy atom. The van der Waals surface area contributed by atoms with Gasteiger partial charge in [-0.25, -0.2) is 0 Å². The van der Waals surface area contributed by atoms with Gasteiger partial charge in [0.1, 0.15) is 5.78 Å². The minimum Gasteiger partial charge on any atom is -0.466 e. The molecule has 2 bridgehead atoms. The van der Waals surface area contributed by atoms with Crippen LogP contribution in [-0.4, -0.2) is 30.1 Å². The predicted octanol–water partition coefficient (Wildman–Crippen LogP) is 1.86. The second-order valence-corrected chi connectivity index (χ2v) is 6.28. The number of aliphatic hydroxyl groups is 1. The Bertz CT molecular complexity index is 467. The molecule has 0 aromatic rings. The highest BCUT2D eigenvalue weighted by Gasteiger charge is 2.59. The van der Waals surface area contributed by atoms with E-state index in [0.717, 1.165) is 25.7 Å². The minimum atomic E-state index is -0.374. The number of hydrogen-bond acceptors (Lipinski definition) is 4. The van der Waals surface area contributed by atoms with Crippen LogP contribution in [0.1, 0.15) is 39.0 Å². The third kappa shape index (κ3) is 1.77. The molecule has 4 aliphatic carbocycles. The number of esters is 1. The molecule has 0 saturated heterocycles. The molecule has 20 heavy (non-hydrogen) atoms. The molecule has 0 aromatic heterocycles. The van der Waals surface area contributed by atoms with Gasteiger partial charge in [0.05, 0.1) is 25.0 Å². The zero-order valence-electron chi connectivity index (χ0n) is 11.9. The molecule has 1 spiro atoms. The highest BCUT2D eigenvalue weighted by atomic mass is 16.5. The summed E-state index contributed by atoms with van der Waals surface area (Å²) in [7, 11) is 0. The van der Waals surface area contributed by atoms with Crippen LogP contribution in [0.3, 0.4) is 0 Å². The molecule has 0 aliphatic heterocycles. The quantitative estimate of drug-likeness (QED) is 0.632. The topological polar surface area (TPSA) is 63.6 Å². The molecule has 0 heterocycles. The number of fused-ring (bicyclic) bond motifs is 2. The molecule has 4 aliphatic rings. The Morgan fingerprint density at radius 3 is 3.00 bits per heavy atom. The molecule has 4 nitrogen and oxygen atoms in total. The fourth-order valence-corrected chi connectivity index (χ4v) is 4.57. The third-order valence-corrected chi connectivity index (χ3v) is 5.47. The van der Waals surface area contributed by atoms with E-state index in [4.69, 9.17) is 4.74 Å². The van der Waals surface area contributed by atoms with E-state index in [2.05, 4.69) is 0 Å². The van der Waals surface area contributed by atoms with Gasteiger partial charge < -0.3 is 9.84 Å². The Hall–Kier alpha value is -1.16. The SMILES string of the molecule is CCOC(=O)[C@@H]1C[C@]23CCCCC2=C[C@H]1C(=O)C3CO. The predicted molar refractivity (Wildman–Crippen MR) is 72.8 cm³/mol. The number of ketones is 1. The molecule has 110 valence electrons. The number of carbonyl (C=O) groups is 2. The Labute approximate surface area is 119 Å². The van der Waals surface area contributed by atoms with Crippen LogP contribution >= 0.6 is 0 Å². The average Bonchev–Trinajstić information content (AvgIpc) is 2.46. The maximum Gasteiger partial charge on any atom is 0.310 e. The van der Waals surface area contributed by atoms with Crippen molar-refractivity contribution in [1.29, 1.82) is 0 Å². The molecule has 2 saturated carbocycles. The number of hydrogen-bond donors (Lipinski definition) is 1. The third-order valence-electron chi connectivity index (χ3n) is 5.47. The number of ether oxygens (including phenoxy) is 1. The lowest BCUT2D eigenvalue weighted by molar-refractivity contribution is -0.161. The molecule has 1 unspecified atom stereocenters. The smallest absolute Gasteiger partial charge is 0.310 e. The summed E-state index contributed by atoms with van der Waals surface area (Å²) in [6.45, 7) is 2.04. The van der Waals surface area contributed by atoms with E-state index in [-0.39, 0.29) is 41.5 Å². The van der Waals surface area contributed by atoms with Gasteiger partial charge >= 0.3 is 5.97 Å². The van der Waals surface area contributed by atoms with Gasteiger partial charge in [-0.3, -0.25) is 9.59 Å². The van der Waals surface area contributed by atoms with Gasteiger partial charge in [-0.1, -0.05) is 18.1 Å². The molecule has 4 heteroatoms. The van der Waals surface area contributed by atoms with E-state index >= 15 is 0 Å². The molecular formula is C16H22O4. The number of allylic oxidation sites excluding steroid dienone is 2. The minimum absolute atomic E-state index is 0.0439. The van der Waals surface area contributed by atoms with Gasteiger partial charge in [-0.2, -0.15) is 0 Å². The Balaban J connectivity index is 1.99. The first-order chi connectivity index (χ1) is 9.64. The molecule has 1 N–H and O–H groups in total. The summed E-state index contributed by atoms with van der Waals surface area (Å²) >= 11 is 0. The number of rotatable bonds is 3. The van der Waals surface area contributed by atoms with Crippen molar-refractivity contribution in [1.82, 2.24) is 0 Å². The van der Waals surface area contributed by atoms with Crippen LogP contribution in [0.15, 0.2) is 11.6 Å². The van der Waals surface area contributed by atoms with Gasteiger partial charge in [0, 0.05) is 11.3 Å². The van der Waals surface area contributed by atoms with Crippen molar-refractivity contribution in [3.05, 3.63) is 11.6 Å². The van der Waals surface area contributed by atoms with E-state index in [1.165, 1.54) is 5.57 Å². The summed E-state index contributed by atoms with van der Waals surface area (Å²) in [4.78, 5) is 24.7. The highest BCUT2D eigenvalue weighted by Crippen LogP contribution is 2.60. The van der Waals surface area contributed by atoms with Crippen LogP contribution in [0.5, 0.6) is 0 Å². The maximum absolute atomic E-state index is 12.6. The maximum atomic E-state index is 12.6. The monoisotopic (exact) mass is 278 g/mol. The van der Waals surface area contributed by atoms with Crippen molar-refractivity contribution in [3.8, 4) is 0 Å². The molecule has 4 rings (SSSR count). The first kappa shape index (κ1) is 13.8. The summed E-state index contributed by atoms with van der Waals surface area (Å²) in [5.41, 5.74) is 1.05. The highest BCUT2D eigenvalue weighted by molar-refractivity contribution is 5.94. The summed E-state index contributed by atoms with van der Waals surface area (Å²) in [6, 6.07) is 0. The van der Waals surface area contributed by atoms with Crippen LogP contribution in [0.2, 0.25) is 0 Å². The molecule has 0 aromatic carbocycles. The zero-order valence-corrected chi connectivity index (χ0v) is 11.9. The molecular weight excluding hydrogens is 256 g/mol. The normalized spacial score (nSPS) is 39.2. The van der Waals surface area contributed by atoms with Gasteiger partial charge in [0.25, 0.3) is 0 Å². The first-order valence-electron chi connectivity index (χ1n) is 7.66. The molecule has 0 amide bonds. The molecule has 0 radical (unpaired) electrons. The molecule has 4 atom stereocenters.